The summed E-state index contributed by atoms with van der Waals surface area (Å²) < 4.78 is 21.5. The van der Waals surface area contributed by atoms with Crippen molar-refractivity contribution in [3.05, 3.63) is 0 Å². The maximum absolute atomic E-state index is 11.2. The van der Waals surface area contributed by atoms with Crippen LogP contribution in [-0.2, 0) is 23.7 Å². The number of nitrogens with zero attached hydrogens (tertiary/aromatic N) is 1. The Kier molecular flexibility index (Phi) is 17.1. The summed E-state index contributed by atoms with van der Waals surface area (Å²) in [5.74, 6) is 0.0789. The molecule has 0 heterocycles. The highest BCUT2D eigenvalue weighted by molar-refractivity contribution is 5.75. The van der Waals surface area contributed by atoms with Crippen molar-refractivity contribution < 1.29 is 23.7 Å². The van der Waals surface area contributed by atoms with Crippen LogP contribution in [0.5, 0.6) is 0 Å². The van der Waals surface area contributed by atoms with Gasteiger partial charge in [0.2, 0.25) is 5.91 Å². The predicted molar refractivity (Wildman–Crippen MR) is 89.7 cm³/mol. The molecular weight excluding hydrogens is 300 g/mol. The van der Waals surface area contributed by atoms with Crippen LogP contribution in [0.2, 0.25) is 0 Å². The van der Waals surface area contributed by atoms with Crippen LogP contribution in [-0.4, -0.2) is 90.8 Å². The summed E-state index contributed by atoms with van der Waals surface area (Å²) in [6, 6.07) is 0. The summed E-state index contributed by atoms with van der Waals surface area (Å²) >= 11 is 0. The molecule has 0 rings (SSSR count). The first-order chi connectivity index (χ1) is 11.2. The monoisotopic (exact) mass is 334 g/mol. The van der Waals surface area contributed by atoms with E-state index in [1.165, 1.54) is 0 Å². The smallest absolute Gasteiger partial charge is 0.220 e. The Morgan fingerprint density at radius 1 is 0.826 bits per heavy atom. The van der Waals surface area contributed by atoms with Crippen molar-refractivity contribution in [3.63, 3.8) is 0 Å². The molecule has 7 heteroatoms. The lowest BCUT2D eigenvalue weighted by molar-refractivity contribution is -0.121. The summed E-state index contributed by atoms with van der Waals surface area (Å²) in [5.41, 5.74) is 0. The third kappa shape index (κ3) is 19.2. The summed E-state index contributed by atoms with van der Waals surface area (Å²) in [5, 5.41) is 2.79. The molecule has 0 atom stereocenters. The third-order valence-corrected chi connectivity index (χ3v) is 2.84. The average Bonchev–Trinajstić information content (AvgIpc) is 2.51. The number of ether oxygens (including phenoxy) is 4. The van der Waals surface area contributed by atoms with Gasteiger partial charge in [0.25, 0.3) is 0 Å². The summed E-state index contributed by atoms with van der Waals surface area (Å²) in [4.78, 5) is 13.3. The van der Waals surface area contributed by atoms with Crippen molar-refractivity contribution in [1.82, 2.24) is 10.2 Å². The molecule has 0 spiro atoms. The summed E-state index contributed by atoms with van der Waals surface area (Å²) in [6.45, 7) is 8.06. The molecule has 0 fully saturated rings. The van der Waals surface area contributed by atoms with E-state index >= 15 is 0 Å². The quantitative estimate of drug-likeness (QED) is 0.391. The highest BCUT2D eigenvalue weighted by atomic mass is 16.6. The second kappa shape index (κ2) is 17.6. The van der Waals surface area contributed by atoms with E-state index in [1.807, 2.05) is 21.0 Å². The highest BCUT2D eigenvalue weighted by Gasteiger charge is 1.97. The second-order valence-corrected chi connectivity index (χ2v) is 5.35. The Morgan fingerprint density at radius 3 is 1.78 bits per heavy atom. The van der Waals surface area contributed by atoms with Gasteiger partial charge in [-0.25, -0.2) is 0 Å². The van der Waals surface area contributed by atoms with E-state index in [-0.39, 0.29) is 5.91 Å². The van der Waals surface area contributed by atoms with Crippen LogP contribution in [0.15, 0.2) is 0 Å². The molecule has 138 valence electrons. The Labute approximate surface area is 140 Å². The van der Waals surface area contributed by atoms with E-state index in [0.29, 0.717) is 59.2 Å². The van der Waals surface area contributed by atoms with Gasteiger partial charge in [-0.3, -0.25) is 4.79 Å². The van der Waals surface area contributed by atoms with Crippen LogP contribution < -0.4 is 5.32 Å². The Morgan fingerprint density at radius 2 is 1.30 bits per heavy atom. The number of carbonyl (C=O) groups excluding carboxylic acids is 1. The van der Waals surface area contributed by atoms with Crippen molar-refractivity contribution in [1.29, 1.82) is 0 Å². The van der Waals surface area contributed by atoms with Crippen molar-refractivity contribution in [2.75, 3.05) is 80.0 Å². The van der Waals surface area contributed by atoms with Gasteiger partial charge < -0.3 is 29.2 Å². The minimum Gasteiger partial charge on any atom is -0.378 e. The summed E-state index contributed by atoms with van der Waals surface area (Å²) in [6.07, 6.45) is 1.44. The van der Waals surface area contributed by atoms with E-state index in [4.69, 9.17) is 18.9 Å². The van der Waals surface area contributed by atoms with Gasteiger partial charge in [-0.2, -0.15) is 0 Å². The zero-order valence-corrected chi connectivity index (χ0v) is 15.0. The largest absolute Gasteiger partial charge is 0.378 e. The number of nitrogens with one attached hydrogen (secondary N) is 1. The van der Waals surface area contributed by atoms with Crippen molar-refractivity contribution in [2.45, 2.75) is 19.8 Å². The van der Waals surface area contributed by atoms with E-state index < -0.39 is 0 Å². The maximum atomic E-state index is 11.2. The number of hydrogen-bond donors (Lipinski definition) is 1. The molecule has 0 saturated carbocycles. The van der Waals surface area contributed by atoms with E-state index in [9.17, 15) is 4.79 Å². The van der Waals surface area contributed by atoms with E-state index in [0.717, 1.165) is 19.6 Å². The average molecular weight is 334 g/mol. The van der Waals surface area contributed by atoms with Crippen LogP contribution in [0.4, 0.5) is 0 Å². The lowest BCUT2D eigenvalue weighted by Gasteiger charge is -2.10. The molecule has 0 unspecified atom stereocenters. The van der Waals surface area contributed by atoms with Crippen molar-refractivity contribution >= 4 is 5.91 Å². The van der Waals surface area contributed by atoms with Crippen LogP contribution in [0, 0.1) is 0 Å². The Bertz CT molecular complexity index is 265. The van der Waals surface area contributed by atoms with Gasteiger partial charge >= 0.3 is 0 Å². The minimum absolute atomic E-state index is 0.0789. The number of amides is 1. The first-order valence-corrected chi connectivity index (χ1v) is 8.39. The number of likely N-dealkylation sites (N-methyl/N-ethyl adjacent to an activating group) is 1. The van der Waals surface area contributed by atoms with Crippen molar-refractivity contribution in [2.24, 2.45) is 0 Å². The van der Waals surface area contributed by atoms with Crippen LogP contribution in [0.3, 0.4) is 0 Å². The molecule has 0 aromatic rings. The van der Waals surface area contributed by atoms with Crippen LogP contribution in [0.25, 0.3) is 0 Å². The fourth-order valence-corrected chi connectivity index (χ4v) is 1.59. The zero-order chi connectivity index (χ0) is 17.2. The van der Waals surface area contributed by atoms with Gasteiger partial charge in [0, 0.05) is 19.5 Å². The number of hydrogen-bond acceptors (Lipinski definition) is 6. The highest BCUT2D eigenvalue weighted by Crippen LogP contribution is 1.86. The van der Waals surface area contributed by atoms with Gasteiger partial charge in [-0.05, 0) is 20.5 Å². The molecule has 0 aliphatic heterocycles. The second-order valence-electron chi connectivity index (χ2n) is 5.35. The maximum Gasteiger partial charge on any atom is 0.220 e. The van der Waals surface area contributed by atoms with E-state index in [2.05, 4.69) is 10.2 Å². The molecule has 7 nitrogen and oxygen atoms in total. The molecule has 0 aromatic carbocycles. The van der Waals surface area contributed by atoms with Crippen LogP contribution in [0.1, 0.15) is 19.8 Å². The summed E-state index contributed by atoms with van der Waals surface area (Å²) in [7, 11) is 4.03. The third-order valence-electron chi connectivity index (χ3n) is 2.84. The number of rotatable bonds is 17. The lowest BCUT2D eigenvalue weighted by Crippen LogP contribution is -2.27. The van der Waals surface area contributed by atoms with Gasteiger partial charge in [0.1, 0.15) is 0 Å². The Balaban J connectivity index is 3.04. The molecule has 0 radical (unpaired) electrons. The van der Waals surface area contributed by atoms with Crippen molar-refractivity contribution in [3.8, 4) is 0 Å². The molecule has 0 aliphatic carbocycles. The first-order valence-electron chi connectivity index (χ1n) is 8.39. The molecule has 0 aromatic heterocycles. The molecular formula is C16H34N2O5. The fraction of sp³-hybridized carbons (Fsp3) is 0.938. The van der Waals surface area contributed by atoms with E-state index in [1.54, 1.807) is 0 Å². The van der Waals surface area contributed by atoms with Gasteiger partial charge in [0.15, 0.2) is 0 Å². The van der Waals surface area contributed by atoms with Gasteiger partial charge in [0.05, 0.1) is 52.9 Å². The fourth-order valence-electron chi connectivity index (χ4n) is 1.59. The molecule has 23 heavy (non-hydrogen) atoms. The number of carbonyl (C=O) groups is 1. The minimum atomic E-state index is 0.0789. The van der Waals surface area contributed by atoms with Gasteiger partial charge in [-0.15, -0.1) is 0 Å². The molecule has 0 aliphatic rings. The van der Waals surface area contributed by atoms with Gasteiger partial charge in [-0.1, -0.05) is 6.92 Å². The Hall–Kier alpha value is -0.730. The molecule has 1 N–H and O–H groups in total. The first kappa shape index (κ1) is 22.3. The SMILES string of the molecule is CCCC(=O)NCCOCCOCCOCCOCCN(C)C. The zero-order valence-electron chi connectivity index (χ0n) is 15.0. The lowest BCUT2D eigenvalue weighted by atomic mass is 10.3. The molecule has 0 bridgehead atoms. The predicted octanol–water partition coefficient (Wildman–Crippen LogP) is 0.531. The normalized spacial score (nSPS) is 11.1. The standard InChI is InChI=1S/C16H34N2O5/c1-4-5-16(19)17-6-8-20-10-12-22-14-15-23-13-11-21-9-7-18(2)3/h4-15H2,1-3H3,(H,17,19). The molecule has 0 saturated heterocycles. The van der Waals surface area contributed by atoms with Crippen LogP contribution >= 0.6 is 0 Å². The topological polar surface area (TPSA) is 69.3 Å². The molecule has 1 amide bonds.